The van der Waals surface area contributed by atoms with E-state index in [1.54, 1.807) is 0 Å². The van der Waals surface area contributed by atoms with E-state index in [9.17, 15) is 14.4 Å². The molecule has 3 rings (SSSR count). The van der Waals surface area contributed by atoms with E-state index in [-0.39, 0.29) is 5.52 Å². The highest BCUT2D eigenvalue weighted by molar-refractivity contribution is 6.03. The molecular formula is C15H15N3O3. The summed E-state index contributed by atoms with van der Waals surface area (Å²) in [6.45, 7) is -2.00. The molecule has 2 aromatic rings. The second-order valence-electron chi connectivity index (χ2n) is 4.45. The highest BCUT2D eigenvalue weighted by Gasteiger charge is 2.30. The monoisotopic (exact) mass is 293 g/mol. The largest absolute Gasteiger partial charge is 0.398 e. The lowest BCUT2D eigenvalue weighted by molar-refractivity contribution is -0.132. The summed E-state index contributed by atoms with van der Waals surface area (Å²) in [7, 11) is 0. The average Bonchev–Trinajstić information content (AvgIpc) is 2.59. The summed E-state index contributed by atoms with van der Waals surface area (Å²) in [6.07, 6.45) is -7.31. The minimum Gasteiger partial charge on any atom is -0.398 e. The van der Waals surface area contributed by atoms with Crippen molar-refractivity contribution >= 4 is 28.2 Å². The molecule has 1 saturated carbocycles. The van der Waals surface area contributed by atoms with Gasteiger partial charge in [-0.25, -0.2) is 4.98 Å². The number of anilines is 1. The third-order valence-electron chi connectivity index (χ3n) is 3.09. The number of benzene rings is 1. The fourth-order valence-electron chi connectivity index (χ4n) is 2.14. The first kappa shape index (κ1) is 6.98. The number of hydrogen-bond donors (Lipinski definition) is 1. The maximum atomic E-state index is 13.2. The summed E-state index contributed by atoms with van der Waals surface area (Å²) in [6, 6.07) is -1.97. The summed E-state index contributed by atoms with van der Waals surface area (Å²) in [5.74, 6) is -3.12. The Balaban J connectivity index is 2.49. The average molecular weight is 293 g/mol. The zero-order chi connectivity index (χ0) is 22.0. The van der Waals surface area contributed by atoms with Gasteiger partial charge in [0.1, 0.15) is 11.6 Å². The summed E-state index contributed by atoms with van der Waals surface area (Å²) >= 11 is 0. The molecule has 1 atom stereocenters. The van der Waals surface area contributed by atoms with E-state index >= 15 is 0 Å². The van der Waals surface area contributed by atoms with Crippen LogP contribution in [0.4, 0.5) is 5.69 Å². The normalized spacial score (nSPS) is 29.7. The Kier molecular flexibility index (Phi) is 1.59. The van der Waals surface area contributed by atoms with Gasteiger partial charge in [0.05, 0.1) is 26.1 Å². The summed E-state index contributed by atoms with van der Waals surface area (Å²) < 4.78 is 63.2. The fraction of sp³-hybridized carbons (Fsp3) is 0.333. The number of nitrogens with two attached hydrogens (primary N) is 1. The lowest BCUT2D eigenvalue weighted by Crippen LogP contribution is -2.36. The molecule has 1 aliphatic carbocycles. The summed E-state index contributed by atoms with van der Waals surface area (Å²) in [4.78, 5) is 41.5. The number of Topliss-reactive ketones (excluding diaryl/α,β-unsaturated/α-hetero) is 2. The molecule has 1 aromatic heterocycles. The van der Waals surface area contributed by atoms with Gasteiger partial charge in [-0.3, -0.25) is 19.0 Å². The van der Waals surface area contributed by atoms with Crippen molar-refractivity contribution < 1.29 is 20.6 Å². The highest BCUT2D eigenvalue weighted by Crippen LogP contribution is 2.24. The number of aryl methyl sites for hydroxylation is 1. The first-order chi connectivity index (χ1) is 13.2. The van der Waals surface area contributed by atoms with Crippen LogP contribution in [0.15, 0.2) is 22.9 Å². The molecule has 0 bridgehead atoms. The van der Waals surface area contributed by atoms with Crippen molar-refractivity contribution in [3.63, 3.8) is 0 Å². The molecule has 0 aliphatic heterocycles. The van der Waals surface area contributed by atoms with Crippen LogP contribution in [0.1, 0.15) is 42.0 Å². The zero-order valence-corrected chi connectivity index (χ0v) is 10.6. The highest BCUT2D eigenvalue weighted by atomic mass is 16.2. The first-order valence-corrected chi connectivity index (χ1v) is 5.95. The van der Waals surface area contributed by atoms with Gasteiger partial charge in [0.25, 0.3) is 5.56 Å². The Morgan fingerprint density at radius 2 is 2.29 bits per heavy atom. The quantitative estimate of drug-likeness (QED) is 0.628. The molecule has 21 heavy (non-hydrogen) atoms. The van der Waals surface area contributed by atoms with Crippen molar-refractivity contribution in [3.05, 3.63) is 34.3 Å². The van der Waals surface area contributed by atoms with Gasteiger partial charge >= 0.3 is 0 Å². The van der Waals surface area contributed by atoms with Crippen LogP contribution in [0.3, 0.4) is 0 Å². The van der Waals surface area contributed by atoms with Crippen molar-refractivity contribution in [1.82, 2.24) is 9.55 Å². The van der Waals surface area contributed by atoms with Gasteiger partial charge in [-0.1, -0.05) is 6.07 Å². The smallest absolute Gasteiger partial charge is 0.264 e. The Morgan fingerprint density at radius 1 is 1.48 bits per heavy atom. The van der Waals surface area contributed by atoms with Crippen LogP contribution < -0.4 is 11.3 Å². The van der Waals surface area contributed by atoms with Crippen molar-refractivity contribution in [2.45, 2.75) is 32.1 Å². The Bertz CT molecular complexity index is 1130. The summed E-state index contributed by atoms with van der Waals surface area (Å²) in [5, 5.41) is -0.479. The number of hydrogen-bond acceptors (Lipinski definition) is 5. The van der Waals surface area contributed by atoms with E-state index in [0.717, 1.165) is 6.07 Å². The van der Waals surface area contributed by atoms with E-state index in [0.29, 0.717) is 4.57 Å². The van der Waals surface area contributed by atoms with Gasteiger partial charge in [0, 0.05) is 20.3 Å². The Morgan fingerprint density at radius 3 is 3.05 bits per heavy atom. The maximum Gasteiger partial charge on any atom is 0.264 e. The molecule has 1 aromatic carbocycles. The third kappa shape index (κ3) is 2.12. The van der Waals surface area contributed by atoms with Gasteiger partial charge < -0.3 is 5.73 Å². The number of ketones is 2. The number of carbonyl (C=O) groups is 2. The lowest BCUT2D eigenvalue weighted by Gasteiger charge is -2.24. The van der Waals surface area contributed by atoms with Crippen LogP contribution in [0, 0.1) is 6.88 Å². The van der Waals surface area contributed by atoms with E-state index in [2.05, 4.69) is 4.98 Å². The van der Waals surface area contributed by atoms with E-state index in [1.807, 2.05) is 0 Å². The molecule has 2 N–H and O–H groups in total. The van der Waals surface area contributed by atoms with Crippen molar-refractivity contribution in [2.24, 2.45) is 0 Å². The number of rotatable bonds is 1. The molecule has 0 amide bonds. The Hall–Kier alpha value is -2.50. The molecule has 0 spiro atoms. The fourth-order valence-corrected chi connectivity index (χ4v) is 2.14. The number of aromatic nitrogens is 2. The molecule has 1 heterocycles. The standard InChI is InChI=1S/C15H15N3O3/c1-8-17-11-4-2-3-10(16)14(11)15(21)18(8)12-6-5-9(19)7-13(12)20/h2-4,12H,5-7,16H2,1H3/i1D2,3D,4D,5D2,6D2. The molecule has 0 radical (unpaired) electrons. The summed E-state index contributed by atoms with van der Waals surface area (Å²) in [5.41, 5.74) is 3.84. The van der Waals surface area contributed by atoms with Crippen LogP contribution in [0.2, 0.25) is 0 Å². The second-order valence-corrected chi connectivity index (χ2v) is 4.45. The molecule has 108 valence electrons. The van der Waals surface area contributed by atoms with Crippen molar-refractivity contribution in [1.29, 1.82) is 0 Å². The van der Waals surface area contributed by atoms with Gasteiger partial charge in [-0.05, 0) is 25.3 Å². The first-order valence-electron chi connectivity index (χ1n) is 10.1. The predicted octanol–water partition coefficient (Wildman–Crippen LogP) is 1.15. The molecule has 1 unspecified atom stereocenters. The van der Waals surface area contributed by atoms with Crippen LogP contribution >= 0.6 is 0 Å². The number of nitrogen functional groups attached to an aromatic ring is 1. The van der Waals surface area contributed by atoms with Gasteiger partial charge in [-0.2, -0.15) is 0 Å². The predicted molar refractivity (Wildman–Crippen MR) is 78.1 cm³/mol. The van der Waals surface area contributed by atoms with E-state index in [1.165, 1.54) is 0 Å². The maximum absolute atomic E-state index is 13.2. The minimum atomic E-state index is -3.20. The zero-order valence-electron chi connectivity index (χ0n) is 18.6. The van der Waals surface area contributed by atoms with Crippen molar-refractivity contribution in [2.75, 3.05) is 5.73 Å². The van der Waals surface area contributed by atoms with Gasteiger partial charge in [0.15, 0.2) is 5.78 Å². The van der Waals surface area contributed by atoms with Crippen LogP contribution in [0.25, 0.3) is 10.9 Å². The minimum absolute atomic E-state index is 0.331. The Labute approximate surface area is 131 Å². The topological polar surface area (TPSA) is 95.0 Å². The molecule has 1 fully saturated rings. The van der Waals surface area contributed by atoms with Crippen molar-refractivity contribution in [3.8, 4) is 0 Å². The molecule has 6 nitrogen and oxygen atoms in total. The molecular weight excluding hydrogens is 270 g/mol. The molecule has 1 aliphatic rings. The second kappa shape index (κ2) is 4.80. The van der Waals surface area contributed by atoms with E-state index in [4.69, 9.17) is 16.7 Å². The third-order valence-corrected chi connectivity index (χ3v) is 3.09. The van der Waals surface area contributed by atoms with Gasteiger partial charge in [0.2, 0.25) is 0 Å². The lowest BCUT2D eigenvalue weighted by atomic mass is 9.92. The number of nitrogens with zero attached hydrogens (tertiary/aromatic N) is 2. The van der Waals surface area contributed by atoms with E-state index < -0.39 is 78.2 Å². The number of fused-ring (bicyclic) bond motifs is 1. The van der Waals surface area contributed by atoms with Crippen LogP contribution in [-0.4, -0.2) is 21.1 Å². The van der Waals surface area contributed by atoms with Crippen LogP contribution in [0.5, 0.6) is 0 Å². The molecule has 6 heteroatoms. The SMILES string of the molecule is [2H]c1cc([2H])c2nc(C([2H])[2H])n(C3C(=O)CC(=O)C([2H])([2H])C3([2H])[2H])c(=O)c2c1N. The van der Waals surface area contributed by atoms with Gasteiger partial charge in [-0.15, -0.1) is 0 Å². The number of carbonyl (C=O) groups excluding carboxylic acids is 2. The van der Waals surface area contributed by atoms with Crippen LogP contribution in [-0.2, 0) is 9.59 Å². The molecule has 0 saturated heterocycles.